The molecular weight excluding hydrogens is 300 g/mol. The Morgan fingerprint density at radius 1 is 1.33 bits per heavy atom. The van der Waals surface area contributed by atoms with Crippen LogP contribution in [0.15, 0.2) is 42.7 Å². The summed E-state index contributed by atoms with van der Waals surface area (Å²) in [6, 6.07) is 10.3. The average molecular weight is 322 g/mol. The van der Waals surface area contributed by atoms with Gasteiger partial charge in [-0.05, 0) is 50.7 Å². The van der Waals surface area contributed by atoms with Crippen LogP contribution in [0.2, 0.25) is 0 Å². The molecule has 0 bridgehead atoms. The van der Waals surface area contributed by atoms with Gasteiger partial charge < -0.3 is 10.2 Å². The molecule has 2 aromatic rings. The van der Waals surface area contributed by atoms with Gasteiger partial charge >= 0.3 is 6.03 Å². The summed E-state index contributed by atoms with van der Waals surface area (Å²) < 4.78 is 0. The first-order valence-corrected chi connectivity index (χ1v) is 8.43. The SMILES string of the molecule is Cc1ccc2c(c1)C1CN(C)CCC1N2C(=O)Nc1cccnc1. The highest BCUT2D eigenvalue weighted by Crippen LogP contribution is 2.45. The van der Waals surface area contributed by atoms with Crippen molar-refractivity contribution < 1.29 is 4.79 Å². The van der Waals surface area contributed by atoms with Crippen molar-refractivity contribution in [2.45, 2.75) is 25.3 Å². The number of nitrogens with one attached hydrogen (secondary N) is 1. The fourth-order valence-electron chi connectivity index (χ4n) is 3.97. The fourth-order valence-corrected chi connectivity index (χ4v) is 3.97. The summed E-state index contributed by atoms with van der Waals surface area (Å²) in [5, 5.41) is 2.99. The Hall–Kier alpha value is -2.40. The third kappa shape index (κ3) is 2.55. The number of nitrogens with zero attached hydrogens (tertiary/aromatic N) is 3. The lowest BCUT2D eigenvalue weighted by Gasteiger charge is -2.36. The van der Waals surface area contributed by atoms with Crippen LogP contribution in [0, 0.1) is 6.92 Å². The van der Waals surface area contributed by atoms with E-state index in [-0.39, 0.29) is 12.1 Å². The molecule has 124 valence electrons. The number of likely N-dealkylation sites (N-methyl/N-ethyl adjacent to an activating group) is 1. The first-order valence-electron chi connectivity index (χ1n) is 8.43. The van der Waals surface area contributed by atoms with Crippen molar-refractivity contribution in [1.82, 2.24) is 9.88 Å². The number of likely N-dealkylation sites (tertiary alicyclic amines) is 1. The predicted molar refractivity (Wildman–Crippen MR) is 95.6 cm³/mol. The highest BCUT2D eigenvalue weighted by Gasteiger charge is 2.43. The van der Waals surface area contributed by atoms with E-state index >= 15 is 0 Å². The van der Waals surface area contributed by atoms with Gasteiger partial charge in [0.05, 0.1) is 11.9 Å². The zero-order valence-corrected chi connectivity index (χ0v) is 14.1. The van der Waals surface area contributed by atoms with E-state index in [9.17, 15) is 4.79 Å². The van der Waals surface area contributed by atoms with Crippen LogP contribution in [-0.4, -0.2) is 42.1 Å². The van der Waals surface area contributed by atoms with Gasteiger partial charge in [-0.25, -0.2) is 4.79 Å². The molecule has 2 atom stereocenters. The van der Waals surface area contributed by atoms with E-state index in [2.05, 4.69) is 47.4 Å². The number of urea groups is 1. The summed E-state index contributed by atoms with van der Waals surface area (Å²) in [6.45, 7) is 4.13. The summed E-state index contributed by atoms with van der Waals surface area (Å²) >= 11 is 0. The Morgan fingerprint density at radius 3 is 3.00 bits per heavy atom. The number of aryl methyl sites for hydroxylation is 1. The van der Waals surface area contributed by atoms with E-state index in [1.165, 1.54) is 11.1 Å². The van der Waals surface area contributed by atoms with E-state index < -0.39 is 0 Å². The van der Waals surface area contributed by atoms with Crippen LogP contribution in [0.3, 0.4) is 0 Å². The molecule has 1 fully saturated rings. The van der Waals surface area contributed by atoms with Gasteiger partial charge in [0.1, 0.15) is 0 Å². The third-order valence-electron chi connectivity index (χ3n) is 5.08. The number of anilines is 2. The van der Waals surface area contributed by atoms with Crippen LogP contribution in [0.1, 0.15) is 23.5 Å². The lowest BCUT2D eigenvalue weighted by molar-refractivity contribution is 0.224. The van der Waals surface area contributed by atoms with E-state index in [1.807, 2.05) is 17.0 Å². The number of aromatic nitrogens is 1. The summed E-state index contributed by atoms with van der Waals surface area (Å²) in [7, 11) is 2.16. The smallest absolute Gasteiger partial charge is 0.306 e. The van der Waals surface area contributed by atoms with Crippen molar-refractivity contribution in [2.24, 2.45) is 0 Å². The molecule has 2 unspecified atom stereocenters. The minimum absolute atomic E-state index is 0.0647. The largest absolute Gasteiger partial charge is 0.326 e. The molecule has 2 amide bonds. The lowest BCUT2D eigenvalue weighted by Crippen LogP contribution is -2.48. The van der Waals surface area contributed by atoms with Crippen molar-refractivity contribution >= 4 is 17.4 Å². The highest BCUT2D eigenvalue weighted by molar-refractivity contribution is 6.04. The molecule has 2 aliphatic heterocycles. The Labute approximate surface area is 142 Å². The second-order valence-corrected chi connectivity index (χ2v) is 6.83. The van der Waals surface area contributed by atoms with Crippen molar-refractivity contribution in [3.8, 4) is 0 Å². The van der Waals surface area contributed by atoms with Gasteiger partial charge in [-0.2, -0.15) is 0 Å². The predicted octanol–water partition coefficient (Wildman–Crippen LogP) is 3.23. The lowest BCUT2D eigenvalue weighted by atomic mass is 9.89. The quantitative estimate of drug-likeness (QED) is 0.877. The molecular formula is C19H22N4O. The van der Waals surface area contributed by atoms with Gasteiger partial charge in [0.15, 0.2) is 0 Å². The molecule has 0 radical (unpaired) electrons. The summed E-state index contributed by atoms with van der Waals surface area (Å²) in [4.78, 5) is 21.4. The normalized spacial score (nSPS) is 22.8. The van der Waals surface area contributed by atoms with Crippen molar-refractivity contribution in [1.29, 1.82) is 0 Å². The van der Waals surface area contributed by atoms with Crippen molar-refractivity contribution in [3.05, 3.63) is 53.9 Å². The van der Waals surface area contributed by atoms with Gasteiger partial charge in [-0.3, -0.25) is 9.88 Å². The third-order valence-corrected chi connectivity index (χ3v) is 5.08. The van der Waals surface area contributed by atoms with Crippen LogP contribution >= 0.6 is 0 Å². The number of amides is 2. The van der Waals surface area contributed by atoms with Crippen LogP contribution in [0.5, 0.6) is 0 Å². The topological polar surface area (TPSA) is 48.5 Å². The minimum Gasteiger partial charge on any atom is -0.306 e. The molecule has 1 saturated heterocycles. The summed E-state index contributed by atoms with van der Waals surface area (Å²) in [5.41, 5.74) is 4.32. The standard InChI is InChI=1S/C19H22N4O/c1-13-5-6-17-15(10-13)16-12-22(2)9-7-18(16)23(17)19(24)21-14-4-3-8-20-11-14/h3-6,8,10-11,16,18H,7,9,12H2,1-2H3,(H,21,24). The average Bonchev–Trinajstić information content (AvgIpc) is 2.89. The van der Waals surface area contributed by atoms with Gasteiger partial charge in [0.25, 0.3) is 0 Å². The van der Waals surface area contributed by atoms with Crippen LogP contribution in [0.4, 0.5) is 16.2 Å². The first kappa shape index (κ1) is 15.1. The first-order chi connectivity index (χ1) is 11.6. The molecule has 0 aliphatic carbocycles. The Morgan fingerprint density at radius 2 is 2.21 bits per heavy atom. The zero-order valence-electron chi connectivity index (χ0n) is 14.1. The zero-order chi connectivity index (χ0) is 16.7. The summed E-state index contributed by atoms with van der Waals surface area (Å²) in [6.07, 6.45) is 4.38. The second-order valence-electron chi connectivity index (χ2n) is 6.83. The molecule has 1 aromatic heterocycles. The maximum absolute atomic E-state index is 13.0. The van der Waals surface area contributed by atoms with Crippen molar-refractivity contribution in [2.75, 3.05) is 30.4 Å². The Kier molecular flexibility index (Phi) is 3.73. The monoisotopic (exact) mass is 322 g/mol. The summed E-state index contributed by atoms with van der Waals surface area (Å²) in [5.74, 6) is 0.387. The number of benzene rings is 1. The minimum atomic E-state index is -0.0647. The fraction of sp³-hybridized carbons (Fsp3) is 0.368. The van der Waals surface area contributed by atoms with E-state index in [1.54, 1.807) is 12.4 Å². The Balaban J connectivity index is 1.68. The molecule has 3 heterocycles. The number of pyridine rings is 1. The number of hydrogen-bond acceptors (Lipinski definition) is 3. The molecule has 0 spiro atoms. The molecule has 24 heavy (non-hydrogen) atoms. The number of fused-ring (bicyclic) bond motifs is 3. The van der Waals surface area contributed by atoms with E-state index in [0.717, 1.165) is 30.9 Å². The molecule has 4 rings (SSSR count). The maximum Gasteiger partial charge on any atom is 0.326 e. The molecule has 5 nitrogen and oxygen atoms in total. The van der Waals surface area contributed by atoms with E-state index in [0.29, 0.717) is 5.92 Å². The molecule has 2 aliphatic rings. The van der Waals surface area contributed by atoms with Gasteiger partial charge in [0, 0.05) is 30.4 Å². The van der Waals surface area contributed by atoms with Gasteiger partial charge in [0.2, 0.25) is 0 Å². The number of carbonyl (C=O) groups excluding carboxylic acids is 1. The van der Waals surface area contributed by atoms with Gasteiger partial charge in [-0.15, -0.1) is 0 Å². The molecule has 0 saturated carbocycles. The molecule has 5 heteroatoms. The molecule has 1 N–H and O–H groups in total. The maximum atomic E-state index is 13.0. The van der Waals surface area contributed by atoms with Crippen LogP contribution in [0.25, 0.3) is 0 Å². The highest BCUT2D eigenvalue weighted by atomic mass is 16.2. The van der Waals surface area contributed by atoms with Crippen molar-refractivity contribution in [3.63, 3.8) is 0 Å². The number of piperidine rings is 1. The van der Waals surface area contributed by atoms with Gasteiger partial charge in [-0.1, -0.05) is 17.7 Å². The van der Waals surface area contributed by atoms with E-state index in [4.69, 9.17) is 0 Å². The van der Waals surface area contributed by atoms with Crippen LogP contribution in [-0.2, 0) is 0 Å². The second kappa shape index (κ2) is 5.91. The Bertz CT molecular complexity index is 761. The number of rotatable bonds is 1. The number of hydrogen-bond donors (Lipinski definition) is 1. The number of carbonyl (C=O) groups is 1. The van der Waals surface area contributed by atoms with Crippen LogP contribution < -0.4 is 10.2 Å². The molecule has 1 aromatic carbocycles.